The smallest absolute Gasteiger partial charge is 0.146 e. The van der Waals surface area contributed by atoms with Crippen molar-refractivity contribution in [1.29, 1.82) is 0 Å². The van der Waals surface area contributed by atoms with E-state index in [0.717, 1.165) is 0 Å². The largest absolute Gasteiger partial charge is 0.324 e. The summed E-state index contributed by atoms with van der Waals surface area (Å²) in [6.07, 6.45) is 1.14. The SMILES string of the molecule is COOCCCC(=O)CN. The molecule has 0 spiro atoms. The molecule has 0 bridgehead atoms. The Hall–Kier alpha value is -0.450. The third-order valence-corrected chi connectivity index (χ3v) is 1.03. The lowest BCUT2D eigenvalue weighted by Gasteiger charge is -1.97. The van der Waals surface area contributed by atoms with E-state index >= 15 is 0 Å². The molecule has 0 aromatic heterocycles. The molecule has 0 fully saturated rings. The van der Waals surface area contributed by atoms with E-state index in [2.05, 4.69) is 9.78 Å². The third-order valence-electron chi connectivity index (χ3n) is 1.03. The van der Waals surface area contributed by atoms with E-state index in [0.29, 0.717) is 19.4 Å². The van der Waals surface area contributed by atoms with Crippen molar-refractivity contribution < 1.29 is 14.6 Å². The van der Waals surface area contributed by atoms with Crippen LogP contribution in [0.1, 0.15) is 12.8 Å². The van der Waals surface area contributed by atoms with Crippen LogP contribution in [0.4, 0.5) is 0 Å². The predicted molar refractivity (Wildman–Crippen MR) is 36.3 cm³/mol. The van der Waals surface area contributed by atoms with Gasteiger partial charge < -0.3 is 5.73 Å². The van der Waals surface area contributed by atoms with Crippen molar-refractivity contribution in [1.82, 2.24) is 0 Å². The highest BCUT2D eigenvalue weighted by Crippen LogP contribution is 1.90. The molecule has 0 radical (unpaired) electrons. The van der Waals surface area contributed by atoms with Crippen LogP contribution in [0.2, 0.25) is 0 Å². The topological polar surface area (TPSA) is 61.5 Å². The van der Waals surface area contributed by atoms with Gasteiger partial charge in [-0.15, -0.1) is 0 Å². The third kappa shape index (κ3) is 5.68. The van der Waals surface area contributed by atoms with Crippen LogP contribution in [0, 0.1) is 0 Å². The lowest BCUT2D eigenvalue weighted by atomic mass is 10.2. The molecule has 0 saturated carbocycles. The molecule has 4 nitrogen and oxygen atoms in total. The lowest BCUT2D eigenvalue weighted by molar-refractivity contribution is -0.272. The van der Waals surface area contributed by atoms with Gasteiger partial charge in [0.25, 0.3) is 0 Å². The molecule has 0 heterocycles. The molecule has 0 aliphatic rings. The highest BCUT2D eigenvalue weighted by molar-refractivity contribution is 5.80. The van der Waals surface area contributed by atoms with Crippen molar-refractivity contribution in [2.45, 2.75) is 12.8 Å². The molecule has 10 heavy (non-hydrogen) atoms. The minimum absolute atomic E-state index is 0.0553. The van der Waals surface area contributed by atoms with Gasteiger partial charge in [-0.2, -0.15) is 0 Å². The molecule has 0 amide bonds. The summed E-state index contributed by atoms with van der Waals surface area (Å²) in [5.74, 6) is 0.0553. The Kier molecular flexibility index (Phi) is 6.37. The fraction of sp³-hybridized carbons (Fsp3) is 0.833. The summed E-state index contributed by atoms with van der Waals surface area (Å²) in [4.78, 5) is 19.4. The van der Waals surface area contributed by atoms with Gasteiger partial charge in [-0.3, -0.25) is 4.79 Å². The summed E-state index contributed by atoms with van der Waals surface area (Å²) >= 11 is 0. The monoisotopic (exact) mass is 147 g/mol. The number of Topliss-reactive ketones (excluding diaryl/α,β-unsaturated/α-hetero) is 1. The van der Waals surface area contributed by atoms with Gasteiger partial charge in [0.2, 0.25) is 0 Å². The summed E-state index contributed by atoms with van der Waals surface area (Å²) in [6.45, 7) is 0.565. The van der Waals surface area contributed by atoms with Gasteiger partial charge in [0.05, 0.1) is 20.3 Å². The molecule has 0 aromatic carbocycles. The first-order valence-corrected chi connectivity index (χ1v) is 3.18. The van der Waals surface area contributed by atoms with Crippen molar-refractivity contribution in [2.24, 2.45) is 5.73 Å². The maximum Gasteiger partial charge on any atom is 0.146 e. The van der Waals surface area contributed by atoms with Gasteiger partial charge in [0, 0.05) is 6.42 Å². The fourth-order valence-electron chi connectivity index (χ4n) is 0.514. The van der Waals surface area contributed by atoms with Crippen LogP contribution >= 0.6 is 0 Å². The number of carbonyl (C=O) groups excluding carboxylic acids is 1. The Morgan fingerprint density at radius 2 is 2.30 bits per heavy atom. The lowest BCUT2D eigenvalue weighted by Crippen LogP contribution is -2.13. The Morgan fingerprint density at radius 3 is 2.80 bits per heavy atom. The molecular formula is C6H13NO3. The predicted octanol–water partition coefficient (Wildman–Crippen LogP) is -0.128. The minimum atomic E-state index is 0.0553. The van der Waals surface area contributed by atoms with E-state index in [-0.39, 0.29) is 12.3 Å². The zero-order valence-corrected chi connectivity index (χ0v) is 6.13. The zero-order valence-electron chi connectivity index (χ0n) is 6.13. The van der Waals surface area contributed by atoms with Gasteiger partial charge in [-0.05, 0) is 6.42 Å². The first kappa shape index (κ1) is 9.55. The molecule has 0 unspecified atom stereocenters. The highest BCUT2D eigenvalue weighted by atomic mass is 17.2. The maximum atomic E-state index is 10.6. The molecule has 2 N–H and O–H groups in total. The number of hydrogen-bond donors (Lipinski definition) is 1. The van der Waals surface area contributed by atoms with Crippen molar-refractivity contribution in [3.8, 4) is 0 Å². The Balaban J connectivity index is 2.96. The number of ketones is 1. The molecule has 0 aliphatic carbocycles. The Bertz CT molecular complexity index is 95.0. The molecule has 0 rings (SSSR count). The van der Waals surface area contributed by atoms with Crippen LogP contribution in [0.15, 0.2) is 0 Å². The zero-order chi connectivity index (χ0) is 7.82. The van der Waals surface area contributed by atoms with E-state index in [1.165, 1.54) is 7.11 Å². The van der Waals surface area contributed by atoms with Crippen LogP contribution < -0.4 is 5.73 Å². The minimum Gasteiger partial charge on any atom is -0.324 e. The second kappa shape index (κ2) is 6.67. The van der Waals surface area contributed by atoms with Crippen molar-refractivity contribution in [2.75, 3.05) is 20.3 Å². The van der Waals surface area contributed by atoms with Crippen molar-refractivity contribution in [3.05, 3.63) is 0 Å². The normalized spacial score (nSPS) is 9.80. The van der Waals surface area contributed by atoms with E-state index in [1.807, 2.05) is 0 Å². The second-order valence-electron chi connectivity index (χ2n) is 1.83. The number of hydrogen-bond acceptors (Lipinski definition) is 4. The average Bonchev–Trinajstić information content (AvgIpc) is 1.98. The molecule has 0 saturated heterocycles. The Labute approximate surface area is 60.2 Å². The van der Waals surface area contributed by atoms with Crippen LogP contribution in [-0.2, 0) is 14.6 Å². The van der Waals surface area contributed by atoms with Gasteiger partial charge >= 0.3 is 0 Å². The first-order chi connectivity index (χ1) is 4.81. The summed E-state index contributed by atoms with van der Waals surface area (Å²) in [5.41, 5.74) is 5.07. The number of nitrogens with two attached hydrogens (primary N) is 1. The molecule has 4 heteroatoms. The van der Waals surface area contributed by atoms with E-state index < -0.39 is 0 Å². The maximum absolute atomic E-state index is 10.6. The van der Waals surface area contributed by atoms with Crippen molar-refractivity contribution >= 4 is 5.78 Å². The van der Waals surface area contributed by atoms with E-state index in [4.69, 9.17) is 5.73 Å². The molecule has 60 valence electrons. The molecular weight excluding hydrogens is 134 g/mol. The molecule has 0 atom stereocenters. The summed E-state index contributed by atoms with van der Waals surface area (Å²) < 4.78 is 0. The van der Waals surface area contributed by atoms with Gasteiger partial charge in [0.1, 0.15) is 5.78 Å². The van der Waals surface area contributed by atoms with Gasteiger partial charge in [-0.25, -0.2) is 9.78 Å². The van der Waals surface area contributed by atoms with Crippen LogP contribution in [0.5, 0.6) is 0 Å². The molecule has 0 aromatic rings. The summed E-state index contributed by atoms with van der Waals surface area (Å²) in [7, 11) is 1.44. The van der Waals surface area contributed by atoms with Crippen LogP contribution in [0.3, 0.4) is 0 Å². The summed E-state index contributed by atoms with van der Waals surface area (Å²) in [6, 6.07) is 0. The van der Waals surface area contributed by atoms with E-state index in [9.17, 15) is 4.79 Å². The second-order valence-corrected chi connectivity index (χ2v) is 1.83. The quantitative estimate of drug-likeness (QED) is 0.323. The van der Waals surface area contributed by atoms with Crippen LogP contribution in [0.25, 0.3) is 0 Å². The number of carbonyl (C=O) groups is 1. The van der Waals surface area contributed by atoms with E-state index in [1.54, 1.807) is 0 Å². The van der Waals surface area contributed by atoms with Crippen LogP contribution in [-0.4, -0.2) is 26.0 Å². The Morgan fingerprint density at radius 1 is 1.60 bits per heavy atom. The number of rotatable bonds is 6. The average molecular weight is 147 g/mol. The van der Waals surface area contributed by atoms with Crippen molar-refractivity contribution in [3.63, 3.8) is 0 Å². The first-order valence-electron chi connectivity index (χ1n) is 3.18. The fourth-order valence-corrected chi connectivity index (χ4v) is 0.514. The standard InChI is InChI=1S/C6H13NO3/c1-9-10-4-2-3-6(8)5-7/h2-5,7H2,1H3. The van der Waals surface area contributed by atoms with Gasteiger partial charge in [-0.1, -0.05) is 0 Å². The summed E-state index contributed by atoms with van der Waals surface area (Å²) in [5, 5.41) is 0. The molecule has 0 aliphatic heterocycles. The van der Waals surface area contributed by atoms with Gasteiger partial charge in [0.15, 0.2) is 0 Å². The highest BCUT2D eigenvalue weighted by Gasteiger charge is 1.96.